The Labute approximate surface area is 135 Å². The van der Waals surface area contributed by atoms with Gasteiger partial charge in [0.05, 0.1) is 0 Å². The zero-order valence-electron chi connectivity index (χ0n) is 13.1. The van der Waals surface area contributed by atoms with Crippen LogP contribution in [0.4, 0.5) is 0 Å². The van der Waals surface area contributed by atoms with E-state index in [2.05, 4.69) is 15.9 Å². The molecule has 0 N–H and O–H groups in total. The first-order chi connectivity index (χ1) is 9.99. The first kappa shape index (κ1) is 16.3. The van der Waals surface area contributed by atoms with E-state index in [1.807, 2.05) is 37.9 Å². The molecule has 4 heteroatoms. The summed E-state index contributed by atoms with van der Waals surface area (Å²) in [6.07, 6.45) is 6.01. The number of carbonyl (C=O) groups is 1. The number of hydrogen-bond acceptors (Lipinski definition) is 2. The van der Waals surface area contributed by atoms with Gasteiger partial charge in [-0.05, 0) is 49.9 Å². The Hall–Kier alpha value is -1.03. The second-order valence-corrected chi connectivity index (χ2v) is 6.75. The first-order valence-corrected chi connectivity index (χ1v) is 8.43. The summed E-state index contributed by atoms with van der Waals surface area (Å²) < 4.78 is 6.78. The van der Waals surface area contributed by atoms with E-state index in [1.54, 1.807) is 0 Å². The van der Waals surface area contributed by atoms with Crippen molar-refractivity contribution in [3.05, 3.63) is 27.7 Å². The molecule has 0 bridgehead atoms. The van der Waals surface area contributed by atoms with E-state index in [4.69, 9.17) is 4.74 Å². The number of carbonyl (C=O) groups excluding carboxylic acids is 1. The molecule has 3 nitrogen and oxygen atoms in total. The van der Waals surface area contributed by atoms with Crippen LogP contribution >= 0.6 is 15.9 Å². The van der Waals surface area contributed by atoms with Gasteiger partial charge in [0.25, 0.3) is 5.91 Å². The number of likely N-dealkylation sites (N-methyl/N-ethyl adjacent to an activating group) is 1. The average molecular weight is 354 g/mol. The topological polar surface area (TPSA) is 29.5 Å². The predicted octanol–water partition coefficient (Wildman–Crippen LogP) is 4.24. The molecule has 1 amide bonds. The zero-order valence-corrected chi connectivity index (χ0v) is 14.7. The second kappa shape index (κ2) is 7.30. The van der Waals surface area contributed by atoms with Gasteiger partial charge in [0, 0.05) is 17.6 Å². The molecule has 116 valence electrons. The van der Waals surface area contributed by atoms with Gasteiger partial charge in [-0.15, -0.1) is 0 Å². The van der Waals surface area contributed by atoms with Crippen LogP contribution in [0.15, 0.2) is 16.6 Å². The molecule has 1 fully saturated rings. The maximum absolute atomic E-state index is 12.2. The molecule has 0 atom stereocenters. The Morgan fingerprint density at radius 3 is 2.38 bits per heavy atom. The lowest BCUT2D eigenvalue weighted by Gasteiger charge is -2.31. The highest BCUT2D eigenvalue weighted by Crippen LogP contribution is 2.26. The third kappa shape index (κ3) is 4.22. The van der Waals surface area contributed by atoms with Crippen molar-refractivity contribution < 1.29 is 9.53 Å². The third-order valence-corrected chi connectivity index (χ3v) is 5.54. The van der Waals surface area contributed by atoms with Crippen LogP contribution < -0.4 is 4.74 Å². The molecule has 1 aromatic rings. The zero-order chi connectivity index (χ0) is 15.4. The molecular formula is C17H24BrNO2. The van der Waals surface area contributed by atoms with Crippen LogP contribution in [-0.2, 0) is 4.79 Å². The van der Waals surface area contributed by atoms with Gasteiger partial charge in [0.1, 0.15) is 5.75 Å². The minimum absolute atomic E-state index is 0.0696. The fourth-order valence-electron chi connectivity index (χ4n) is 2.91. The van der Waals surface area contributed by atoms with Crippen LogP contribution in [0.2, 0.25) is 0 Å². The largest absolute Gasteiger partial charge is 0.484 e. The van der Waals surface area contributed by atoms with E-state index in [1.165, 1.54) is 19.3 Å². The maximum atomic E-state index is 12.2. The molecule has 0 radical (unpaired) electrons. The number of halogens is 1. The van der Waals surface area contributed by atoms with Crippen molar-refractivity contribution in [2.75, 3.05) is 13.7 Å². The molecule has 0 spiro atoms. The average Bonchev–Trinajstić information content (AvgIpc) is 2.50. The predicted molar refractivity (Wildman–Crippen MR) is 88.8 cm³/mol. The van der Waals surface area contributed by atoms with Crippen LogP contribution in [-0.4, -0.2) is 30.5 Å². The molecule has 1 aliphatic rings. The lowest BCUT2D eigenvalue weighted by molar-refractivity contribution is -0.134. The monoisotopic (exact) mass is 353 g/mol. The number of benzene rings is 1. The fourth-order valence-corrected chi connectivity index (χ4v) is 3.14. The highest BCUT2D eigenvalue weighted by atomic mass is 79.9. The van der Waals surface area contributed by atoms with E-state index < -0.39 is 0 Å². The molecule has 1 aliphatic carbocycles. The summed E-state index contributed by atoms with van der Waals surface area (Å²) in [6.45, 7) is 4.17. The van der Waals surface area contributed by atoms with Crippen molar-refractivity contribution >= 4 is 21.8 Å². The molecule has 0 saturated heterocycles. The van der Waals surface area contributed by atoms with Crippen molar-refractivity contribution in [1.29, 1.82) is 0 Å². The summed E-state index contributed by atoms with van der Waals surface area (Å²) in [6, 6.07) is 4.32. The highest BCUT2D eigenvalue weighted by Gasteiger charge is 2.22. The normalized spacial score (nSPS) is 15.8. The standard InChI is InChI=1S/C17H24BrNO2/c1-12-9-15(10-13(2)17(12)18)21-11-16(20)19(3)14-7-5-4-6-8-14/h9-10,14H,4-8,11H2,1-3H3. The van der Waals surface area contributed by atoms with Crippen molar-refractivity contribution in [3.8, 4) is 5.75 Å². The van der Waals surface area contributed by atoms with E-state index in [-0.39, 0.29) is 12.5 Å². The molecule has 1 saturated carbocycles. The van der Waals surface area contributed by atoms with Crippen molar-refractivity contribution in [2.24, 2.45) is 0 Å². The number of amides is 1. The Balaban J connectivity index is 1.91. The molecule has 0 aliphatic heterocycles. The van der Waals surface area contributed by atoms with E-state index in [9.17, 15) is 4.79 Å². The van der Waals surface area contributed by atoms with Crippen LogP contribution in [0.25, 0.3) is 0 Å². The summed E-state index contributed by atoms with van der Waals surface area (Å²) in [4.78, 5) is 14.1. The van der Waals surface area contributed by atoms with Gasteiger partial charge < -0.3 is 9.64 Å². The quantitative estimate of drug-likeness (QED) is 0.810. The van der Waals surface area contributed by atoms with E-state index in [0.29, 0.717) is 6.04 Å². The first-order valence-electron chi connectivity index (χ1n) is 7.64. The summed E-state index contributed by atoms with van der Waals surface area (Å²) in [5.41, 5.74) is 2.25. The van der Waals surface area contributed by atoms with Gasteiger partial charge in [0.2, 0.25) is 0 Å². The number of nitrogens with zero attached hydrogens (tertiary/aromatic N) is 1. The van der Waals surface area contributed by atoms with Crippen LogP contribution in [0.3, 0.4) is 0 Å². The van der Waals surface area contributed by atoms with E-state index in [0.717, 1.165) is 34.2 Å². The highest BCUT2D eigenvalue weighted by molar-refractivity contribution is 9.10. The van der Waals surface area contributed by atoms with Gasteiger partial charge in [-0.2, -0.15) is 0 Å². The molecule has 0 aromatic heterocycles. The molecule has 1 aromatic carbocycles. The summed E-state index contributed by atoms with van der Waals surface area (Å²) >= 11 is 3.54. The van der Waals surface area contributed by atoms with Crippen molar-refractivity contribution in [3.63, 3.8) is 0 Å². The van der Waals surface area contributed by atoms with E-state index >= 15 is 0 Å². The van der Waals surface area contributed by atoms with Gasteiger partial charge >= 0.3 is 0 Å². The van der Waals surface area contributed by atoms with Gasteiger partial charge in [-0.25, -0.2) is 0 Å². The minimum atomic E-state index is 0.0696. The van der Waals surface area contributed by atoms with Crippen LogP contribution in [0.1, 0.15) is 43.2 Å². The number of rotatable bonds is 4. The fraction of sp³-hybridized carbons (Fsp3) is 0.588. The lowest BCUT2D eigenvalue weighted by atomic mass is 9.94. The molecular weight excluding hydrogens is 330 g/mol. The Morgan fingerprint density at radius 1 is 1.24 bits per heavy atom. The van der Waals surface area contributed by atoms with Crippen molar-refractivity contribution in [1.82, 2.24) is 4.90 Å². The van der Waals surface area contributed by atoms with Gasteiger partial charge in [-0.3, -0.25) is 4.79 Å². The van der Waals surface area contributed by atoms with Crippen LogP contribution in [0, 0.1) is 13.8 Å². The van der Waals surface area contributed by atoms with Crippen LogP contribution in [0.5, 0.6) is 5.75 Å². The summed E-state index contributed by atoms with van der Waals surface area (Å²) in [5.74, 6) is 0.832. The van der Waals surface area contributed by atoms with Gasteiger partial charge in [-0.1, -0.05) is 35.2 Å². The third-order valence-electron chi connectivity index (χ3n) is 4.29. The van der Waals surface area contributed by atoms with Gasteiger partial charge in [0.15, 0.2) is 6.61 Å². The second-order valence-electron chi connectivity index (χ2n) is 5.96. The molecule has 2 rings (SSSR count). The molecule has 0 heterocycles. The smallest absolute Gasteiger partial charge is 0.260 e. The summed E-state index contributed by atoms with van der Waals surface area (Å²) in [7, 11) is 1.90. The summed E-state index contributed by atoms with van der Waals surface area (Å²) in [5, 5.41) is 0. The number of aryl methyl sites for hydroxylation is 2. The van der Waals surface area contributed by atoms with Crippen molar-refractivity contribution in [2.45, 2.75) is 52.0 Å². The lowest BCUT2D eigenvalue weighted by Crippen LogP contribution is -2.40. The molecule has 0 unspecified atom stereocenters. The Morgan fingerprint density at radius 2 is 1.81 bits per heavy atom. The minimum Gasteiger partial charge on any atom is -0.484 e. The molecule has 21 heavy (non-hydrogen) atoms. The Bertz CT molecular complexity index is 487. The maximum Gasteiger partial charge on any atom is 0.260 e. The number of hydrogen-bond donors (Lipinski definition) is 0. The number of ether oxygens (including phenoxy) is 1. The SMILES string of the molecule is Cc1cc(OCC(=O)N(C)C2CCCCC2)cc(C)c1Br. The Kier molecular flexibility index (Phi) is 5.68.